The van der Waals surface area contributed by atoms with Crippen LogP contribution in [-0.4, -0.2) is 22.4 Å². The molecule has 21 heavy (non-hydrogen) atoms. The van der Waals surface area contributed by atoms with Crippen molar-refractivity contribution >= 4 is 27.5 Å². The van der Waals surface area contributed by atoms with E-state index in [1.165, 1.54) is 4.70 Å². The van der Waals surface area contributed by atoms with Crippen LogP contribution in [0.3, 0.4) is 0 Å². The van der Waals surface area contributed by atoms with E-state index in [9.17, 15) is 4.79 Å². The second-order valence-electron chi connectivity index (χ2n) is 4.67. The highest BCUT2D eigenvalue weighted by Crippen LogP contribution is 2.22. The number of benzene rings is 1. The van der Waals surface area contributed by atoms with Gasteiger partial charge in [0.25, 0.3) is 5.91 Å². The number of aryl methyl sites for hydroxylation is 1. The number of hydrogen-bond acceptors (Lipinski definition) is 4. The molecule has 1 N–H and O–H groups in total. The van der Waals surface area contributed by atoms with Gasteiger partial charge in [0.15, 0.2) is 0 Å². The van der Waals surface area contributed by atoms with Gasteiger partial charge in [0.1, 0.15) is 0 Å². The summed E-state index contributed by atoms with van der Waals surface area (Å²) in [6.07, 6.45) is 5.01. The Labute approximate surface area is 126 Å². The SMILES string of the molecule is O=C(NCCCc1nc2ccccc2s1)c1ccncc1. The molecule has 5 heteroatoms. The summed E-state index contributed by atoms with van der Waals surface area (Å²) in [5.74, 6) is -0.0540. The van der Waals surface area contributed by atoms with Gasteiger partial charge in [-0.2, -0.15) is 0 Å². The van der Waals surface area contributed by atoms with E-state index in [1.54, 1.807) is 35.9 Å². The number of amides is 1. The Hall–Kier alpha value is -2.27. The lowest BCUT2D eigenvalue weighted by atomic mass is 10.2. The molecule has 0 fully saturated rings. The molecule has 0 aliphatic rings. The van der Waals surface area contributed by atoms with Gasteiger partial charge in [-0.05, 0) is 30.7 Å². The molecule has 0 saturated carbocycles. The van der Waals surface area contributed by atoms with Crippen LogP contribution in [0.5, 0.6) is 0 Å². The standard InChI is InChI=1S/C16H15N3OS/c20-16(12-7-10-17-11-8-12)18-9-3-6-15-19-13-4-1-2-5-14(13)21-15/h1-2,4-5,7-8,10-11H,3,6,9H2,(H,18,20). The van der Waals surface area contributed by atoms with Gasteiger partial charge in [-0.15, -0.1) is 11.3 Å². The van der Waals surface area contributed by atoms with Crippen molar-refractivity contribution in [2.45, 2.75) is 12.8 Å². The van der Waals surface area contributed by atoms with Crippen molar-refractivity contribution in [1.82, 2.24) is 15.3 Å². The number of rotatable bonds is 5. The maximum absolute atomic E-state index is 11.8. The number of hydrogen-bond donors (Lipinski definition) is 1. The number of carbonyl (C=O) groups is 1. The first kappa shape index (κ1) is 13.7. The monoisotopic (exact) mass is 297 g/mol. The average Bonchev–Trinajstić information content (AvgIpc) is 2.95. The van der Waals surface area contributed by atoms with Gasteiger partial charge in [0, 0.05) is 30.9 Å². The lowest BCUT2D eigenvalue weighted by Gasteiger charge is -2.03. The van der Waals surface area contributed by atoms with Crippen LogP contribution in [0, 0.1) is 0 Å². The zero-order valence-corrected chi connectivity index (χ0v) is 12.3. The molecule has 3 rings (SSSR count). The van der Waals surface area contributed by atoms with Crippen LogP contribution in [0.4, 0.5) is 0 Å². The van der Waals surface area contributed by atoms with E-state index in [0.717, 1.165) is 23.4 Å². The zero-order chi connectivity index (χ0) is 14.5. The quantitative estimate of drug-likeness (QED) is 0.736. The predicted octanol–water partition coefficient (Wildman–Crippen LogP) is 3.05. The average molecular weight is 297 g/mol. The molecule has 3 aromatic rings. The Balaban J connectivity index is 1.49. The normalized spacial score (nSPS) is 10.7. The third-order valence-electron chi connectivity index (χ3n) is 3.13. The topological polar surface area (TPSA) is 54.9 Å². The van der Waals surface area contributed by atoms with Gasteiger partial charge in [-0.25, -0.2) is 4.98 Å². The van der Waals surface area contributed by atoms with Crippen molar-refractivity contribution in [2.24, 2.45) is 0 Å². The lowest BCUT2D eigenvalue weighted by Crippen LogP contribution is -2.24. The minimum Gasteiger partial charge on any atom is -0.352 e. The highest BCUT2D eigenvalue weighted by molar-refractivity contribution is 7.18. The Kier molecular flexibility index (Phi) is 4.21. The van der Waals surface area contributed by atoms with Crippen molar-refractivity contribution in [3.05, 3.63) is 59.4 Å². The van der Waals surface area contributed by atoms with Crippen molar-refractivity contribution < 1.29 is 4.79 Å². The molecule has 2 heterocycles. The summed E-state index contributed by atoms with van der Waals surface area (Å²) >= 11 is 1.72. The summed E-state index contributed by atoms with van der Waals surface area (Å²) in [6, 6.07) is 11.6. The fourth-order valence-corrected chi connectivity index (χ4v) is 3.08. The molecular weight excluding hydrogens is 282 g/mol. The van der Waals surface area contributed by atoms with Gasteiger partial charge in [-0.1, -0.05) is 12.1 Å². The molecule has 0 spiro atoms. The van der Waals surface area contributed by atoms with Crippen LogP contribution in [0.2, 0.25) is 0 Å². The lowest BCUT2D eigenvalue weighted by molar-refractivity contribution is 0.0953. The van der Waals surface area contributed by atoms with Crippen molar-refractivity contribution in [2.75, 3.05) is 6.54 Å². The highest BCUT2D eigenvalue weighted by atomic mass is 32.1. The molecule has 0 aliphatic carbocycles. The Morgan fingerprint density at radius 2 is 1.95 bits per heavy atom. The Bertz CT molecular complexity index is 706. The molecule has 0 atom stereocenters. The molecule has 1 aromatic carbocycles. The predicted molar refractivity (Wildman–Crippen MR) is 84.5 cm³/mol. The number of carbonyl (C=O) groups excluding carboxylic acids is 1. The van der Waals surface area contributed by atoms with Gasteiger partial charge in [0.05, 0.1) is 15.2 Å². The summed E-state index contributed by atoms with van der Waals surface area (Å²) in [5.41, 5.74) is 1.70. The summed E-state index contributed by atoms with van der Waals surface area (Å²) in [7, 11) is 0. The minimum absolute atomic E-state index is 0.0540. The maximum Gasteiger partial charge on any atom is 0.251 e. The van der Waals surface area contributed by atoms with Crippen molar-refractivity contribution in [3.63, 3.8) is 0 Å². The number of thiazole rings is 1. The van der Waals surface area contributed by atoms with Crippen LogP contribution in [-0.2, 0) is 6.42 Å². The van der Waals surface area contributed by atoms with Crippen LogP contribution in [0.15, 0.2) is 48.8 Å². The van der Waals surface area contributed by atoms with E-state index in [0.29, 0.717) is 12.1 Å². The Morgan fingerprint density at radius 1 is 1.14 bits per heavy atom. The maximum atomic E-state index is 11.8. The molecule has 0 saturated heterocycles. The van der Waals surface area contributed by atoms with Crippen molar-refractivity contribution in [1.29, 1.82) is 0 Å². The van der Waals surface area contributed by atoms with Crippen LogP contribution in [0.25, 0.3) is 10.2 Å². The molecular formula is C16H15N3OS. The number of pyridine rings is 1. The number of nitrogens with zero attached hydrogens (tertiary/aromatic N) is 2. The fraction of sp³-hybridized carbons (Fsp3) is 0.188. The van der Waals surface area contributed by atoms with E-state index in [4.69, 9.17) is 0 Å². The van der Waals surface area contributed by atoms with Crippen LogP contribution >= 0.6 is 11.3 Å². The first-order chi connectivity index (χ1) is 10.3. The van der Waals surface area contributed by atoms with Crippen LogP contribution in [0.1, 0.15) is 21.8 Å². The highest BCUT2D eigenvalue weighted by Gasteiger charge is 2.05. The zero-order valence-electron chi connectivity index (χ0n) is 11.5. The number of aromatic nitrogens is 2. The second-order valence-corrected chi connectivity index (χ2v) is 5.79. The number of para-hydroxylation sites is 1. The van der Waals surface area contributed by atoms with Gasteiger partial charge < -0.3 is 5.32 Å². The largest absolute Gasteiger partial charge is 0.352 e. The fourth-order valence-electron chi connectivity index (χ4n) is 2.07. The molecule has 0 bridgehead atoms. The van der Waals surface area contributed by atoms with E-state index in [-0.39, 0.29) is 5.91 Å². The Morgan fingerprint density at radius 3 is 2.76 bits per heavy atom. The minimum atomic E-state index is -0.0540. The molecule has 1 amide bonds. The van der Waals surface area contributed by atoms with Gasteiger partial charge in [-0.3, -0.25) is 9.78 Å². The van der Waals surface area contributed by atoms with E-state index < -0.39 is 0 Å². The summed E-state index contributed by atoms with van der Waals surface area (Å²) in [5, 5.41) is 4.03. The summed E-state index contributed by atoms with van der Waals surface area (Å²) in [6.45, 7) is 0.650. The molecule has 0 unspecified atom stereocenters. The molecule has 4 nitrogen and oxygen atoms in total. The van der Waals surface area contributed by atoms with Crippen molar-refractivity contribution in [3.8, 4) is 0 Å². The first-order valence-corrected chi connectivity index (χ1v) is 7.67. The molecule has 106 valence electrons. The molecule has 0 radical (unpaired) electrons. The molecule has 0 aliphatic heterocycles. The van der Waals surface area contributed by atoms with E-state index >= 15 is 0 Å². The second kappa shape index (κ2) is 6.45. The van der Waals surface area contributed by atoms with Gasteiger partial charge in [0.2, 0.25) is 0 Å². The number of fused-ring (bicyclic) bond motifs is 1. The van der Waals surface area contributed by atoms with E-state index in [2.05, 4.69) is 21.4 Å². The smallest absolute Gasteiger partial charge is 0.251 e. The summed E-state index contributed by atoms with van der Waals surface area (Å²) in [4.78, 5) is 20.3. The third-order valence-corrected chi connectivity index (χ3v) is 4.23. The molecule has 2 aromatic heterocycles. The third kappa shape index (κ3) is 3.44. The number of nitrogens with one attached hydrogen (secondary N) is 1. The van der Waals surface area contributed by atoms with Gasteiger partial charge >= 0.3 is 0 Å². The van der Waals surface area contributed by atoms with E-state index in [1.807, 2.05) is 18.2 Å². The first-order valence-electron chi connectivity index (χ1n) is 6.85. The van der Waals surface area contributed by atoms with Crippen LogP contribution < -0.4 is 5.32 Å². The summed E-state index contributed by atoms with van der Waals surface area (Å²) < 4.78 is 1.22.